The summed E-state index contributed by atoms with van der Waals surface area (Å²) >= 11 is 0. The van der Waals surface area contributed by atoms with Crippen LogP contribution in [0.3, 0.4) is 0 Å². The fourth-order valence-corrected chi connectivity index (χ4v) is 3.90. The van der Waals surface area contributed by atoms with E-state index in [0.29, 0.717) is 11.3 Å². The molecule has 0 aromatic heterocycles. The van der Waals surface area contributed by atoms with Crippen molar-refractivity contribution in [2.75, 3.05) is 18.4 Å². The summed E-state index contributed by atoms with van der Waals surface area (Å²) in [6.45, 7) is 3.91. The second kappa shape index (κ2) is 8.08. The third-order valence-corrected chi connectivity index (χ3v) is 5.82. The summed E-state index contributed by atoms with van der Waals surface area (Å²) in [5.74, 6) is -1.63. The van der Waals surface area contributed by atoms with Crippen LogP contribution in [0.1, 0.15) is 29.8 Å². The van der Waals surface area contributed by atoms with Crippen molar-refractivity contribution in [3.05, 3.63) is 59.4 Å². The molecule has 1 N–H and O–H groups in total. The minimum absolute atomic E-state index is 0.154. The van der Waals surface area contributed by atoms with Crippen molar-refractivity contribution < 1.29 is 17.6 Å². The molecule has 2 aromatic rings. The van der Waals surface area contributed by atoms with E-state index in [0.717, 1.165) is 18.2 Å². The number of rotatable bonds is 6. The van der Waals surface area contributed by atoms with Gasteiger partial charge in [0.25, 0.3) is 5.91 Å². The molecule has 0 atom stereocenters. The van der Waals surface area contributed by atoms with Gasteiger partial charge in [0, 0.05) is 18.8 Å². The topological polar surface area (TPSA) is 90.3 Å². The molecule has 0 aliphatic heterocycles. The van der Waals surface area contributed by atoms with Gasteiger partial charge in [-0.15, -0.1) is 0 Å². The minimum atomic E-state index is -3.81. The lowest BCUT2D eigenvalue weighted by Gasteiger charge is -2.19. The van der Waals surface area contributed by atoms with Crippen LogP contribution in [-0.4, -0.2) is 31.7 Å². The minimum Gasteiger partial charge on any atom is -0.322 e. The van der Waals surface area contributed by atoms with E-state index in [1.54, 1.807) is 32.0 Å². The fraction of sp³-hybridized carbons (Fsp3) is 0.222. The molecule has 0 heterocycles. The molecule has 0 bridgehead atoms. The Morgan fingerprint density at radius 1 is 1.19 bits per heavy atom. The van der Waals surface area contributed by atoms with E-state index in [1.807, 2.05) is 6.07 Å². The van der Waals surface area contributed by atoms with Crippen molar-refractivity contribution >= 4 is 21.6 Å². The summed E-state index contributed by atoms with van der Waals surface area (Å²) in [6.07, 6.45) is 0. The van der Waals surface area contributed by atoms with Gasteiger partial charge in [0.1, 0.15) is 5.82 Å². The number of carbonyl (C=O) groups excluding carboxylic acids is 1. The van der Waals surface area contributed by atoms with E-state index in [-0.39, 0.29) is 23.5 Å². The Hall–Kier alpha value is -2.76. The van der Waals surface area contributed by atoms with E-state index in [4.69, 9.17) is 5.26 Å². The predicted octanol–water partition coefficient (Wildman–Crippen LogP) is 2.98. The van der Waals surface area contributed by atoms with Crippen LogP contribution in [-0.2, 0) is 10.0 Å². The molecule has 26 heavy (non-hydrogen) atoms. The Morgan fingerprint density at radius 3 is 2.50 bits per heavy atom. The van der Waals surface area contributed by atoms with Crippen LogP contribution in [0.15, 0.2) is 47.4 Å². The number of nitrogens with one attached hydrogen (secondary N) is 1. The Balaban J connectivity index is 2.38. The van der Waals surface area contributed by atoms with Crippen molar-refractivity contribution in [1.82, 2.24) is 4.31 Å². The van der Waals surface area contributed by atoms with Gasteiger partial charge in [-0.05, 0) is 36.4 Å². The quantitative estimate of drug-likeness (QED) is 0.840. The van der Waals surface area contributed by atoms with Crippen molar-refractivity contribution in [2.24, 2.45) is 0 Å². The third-order valence-electron chi connectivity index (χ3n) is 3.78. The summed E-state index contributed by atoms with van der Waals surface area (Å²) in [6, 6.07) is 11.2. The molecule has 8 heteroatoms. The molecule has 0 aliphatic rings. The number of hydrogen-bond acceptors (Lipinski definition) is 4. The highest BCUT2D eigenvalue weighted by Gasteiger charge is 2.24. The van der Waals surface area contributed by atoms with Crippen LogP contribution < -0.4 is 5.32 Å². The average Bonchev–Trinajstić information content (AvgIpc) is 2.62. The first-order valence-electron chi connectivity index (χ1n) is 7.94. The first kappa shape index (κ1) is 19.6. The van der Waals surface area contributed by atoms with Crippen molar-refractivity contribution in [3.8, 4) is 6.07 Å². The lowest BCUT2D eigenvalue weighted by molar-refractivity contribution is 0.102. The molecule has 2 rings (SSSR count). The van der Waals surface area contributed by atoms with Gasteiger partial charge in [0.2, 0.25) is 10.0 Å². The van der Waals surface area contributed by atoms with E-state index >= 15 is 0 Å². The number of hydrogen-bond donors (Lipinski definition) is 1. The number of halogens is 1. The second-order valence-electron chi connectivity index (χ2n) is 5.38. The summed E-state index contributed by atoms with van der Waals surface area (Å²) < 4.78 is 40.4. The van der Waals surface area contributed by atoms with Crippen molar-refractivity contribution in [1.29, 1.82) is 5.26 Å². The van der Waals surface area contributed by atoms with Gasteiger partial charge < -0.3 is 5.32 Å². The van der Waals surface area contributed by atoms with E-state index < -0.39 is 21.7 Å². The maximum atomic E-state index is 14.1. The molecule has 0 saturated heterocycles. The monoisotopic (exact) mass is 375 g/mol. The van der Waals surface area contributed by atoms with E-state index in [1.165, 1.54) is 10.4 Å². The van der Waals surface area contributed by atoms with E-state index in [9.17, 15) is 17.6 Å². The average molecular weight is 375 g/mol. The predicted molar refractivity (Wildman–Crippen MR) is 95.6 cm³/mol. The number of anilines is 1. The summed E-state index contributed by atoms with van der Waals surface area (Å²) in [5.41, 5.74) is 0.257. The van der Waals surface area contributed by atoms with Crippen molar-refractivity contribution in [3.63, 3.8) is 0 Å². The van der Waals surface area contributed by atoms with Gasteiger partial charge in [0.05, 0.1) is 22.1 Å². The molecule has 2 aromatic carbocycles. The largest absolute Gasteiger partial charge is 0.322 e. The zero-order chi connectivity index (χ0) is 19.3. The Labute approximate surface area is 151 Å². The molecule has 0 unspecified atom stereocenters. The maximum Gasteiger partial charge on any atom is 0.258 e. The number of benzene rings is 2. The molecule has 0 fully saturated rings. The van der Waals surface area contributed by atoms with Gasteiger partial charge in [-0.2, -0.15) is 9.57 Å². The fourth-order valence-electron chi connectivity index (χ4n) is 2.42. The molecule has 6 nitrogen and oxygen atoms in total. The molecule has 1 amide bonds. The van der Waals surface area contributed by atoms with Gasteiger partial charge in [-0.3, -0.25) is 4.79 Å². The smallest absolute Gasteiger partial charge is 0.258 e. The van der Waals surface area contributed by atoms with Crippen molar-refractivity contribution in [2.45, 2.75) is 18.7 Å². The third kappa shape index (κ3) is 4.07. The summed E-state index contributed by atoms with van der Waals surface area (Å²) in [7, 11) is -3.81. The summed E-state index contributed by atoms with van der Waals surface area (Å²) in [5, 5.41) is 11.4. The molecular formula is C18H18FN3O3S. The van der Waals surface area contributed by atoms with Gasteiger partial charge >= 0.3 is 0 Å². The normalized spacial score (nSPS) is 11.2. The van der Waals surface area contributed by atoms with Crippen LogP contribution in [0.2, 0.25) is 0 Å². The standard InChI is InChI=1S/C18H18FN3O3S/c1-3-22(4-2)26(24,25)15-8-9-17(19)16(11-15)18(23)21-14-7-5-6-13(10-14)12-20/h5-11H,3-4H2,1-2H3,(H,21,23). The molecule has 0 spiro atoms. The maximum absolute atomic E-state index is 14.1. The number of nitriles is 1. The highest BCUT2D eigenvalue weighted by molar-refractivity contribution is 7.89. The Morgan fingerprint density at radius 2 is 1.88 bits per heavy atom. The first-order chi connectivity index (χ1) is 12.3. The number of amides is 1. The van der Waals surface area contributed by atoms with Crippen LogP contribution in [0.5, 0.6) is 0 Å². The zero-order valence-electron chi connectivity index (χ0n) is 14.4. The molecule has 0 radical (unpaired) electrons. The highest BCUT2D eigenvalue weighted by atomic mass is 32.2. The van der Waals surface area contributed by atoms with Gasteiger partial charge in [-0.25, -0.2) is 12.8 Å². The number of nitrogens with zero attached hydrogens (tertiary/aromatic N) is 2. The first-order valence-corrected chi connectivity index (χ1v) is 9.38. The van der Waals surface area contributed by atoms with Crippen LogP contribution in [0.25, 0.3) is 0 Å². The summed E-state index contributed by atoms with van der Waals surface area (Å²) in [4.78, 5) is 12.2. The van der Waals surface area contributed by atoms with Gasteiger partial charge in [-0.1, -0.05) is 19.9 Å². The lowest BCUT2D eigenvalue weighted by Crippen LogP contribution is -2.31. The molecule has 0 saturated carbocycles. The van der Waals surface area contributed by atoms with E-state index in [2.05, 4.69) is 5.32 Å². The number of sulfonamides is 1. The van der Waals surface area contributed by atoms with Crippen LogP contribution in [0, 0.1) is 17.1 Å². The highest BCUT2D eigenvalue weighted by Crippen LogP contribution is 2.20. The molecular weight excluding hydrogens is 357 g/mol. The van der Waals surface area contributed by atoms with Crippen LogP contribution >= 0.6 is 0 Å². The molecule has 0 aliphatic carbocycles. The van der Waals surface area contributed by atoms with Crippen LogP contribution in [0.4, 0.5) is 10.1 Å². The van der Waals surface area contributed by atoms with Gasteiger partial charge in [0.15, 0.2) is 0 Å². The Kier molecular flexibility index (Phi) is 6.08. The lowest BCUT2D eigenvalue weighted by atomic mass is 10.1. The second-order valence-corrected chi connectivity index (χ2v) is 7.32. The molecule has 136 valence electrons. The SMILES string of the molecule is CCN(CC)S(=O)(=O)c1ccc(F)c(C(=O)Nc2cccc(C#N)c2)c1. The Bertz CT molecular complexity index is 964. The zero-order valence-corrected chi connectivity index (χ0v) is 15.2. The number of carbonyl (C=O) groups is 1.